The number of carbonyl (C=O) groups is 2. The average molecular weight is 572 g/mol. The Balaban J connectivity index is 2.30. The molecule has 3 rings (SSSR count). The van der Waals surface area contributed by atoms with Crippen molar-refractivity contribution in [2.75, 3.05) is 21.3 Å². The van der Waals surface area contributed by atoms with E-state index in [1.54, 1.807) is 27.4 Å². The number of fused-ring (bicyclic) bond motifs is 3. The Morgan fingerprint density at radius 3 is 2.41 bits per heavy atom. The number of carbonyl (C=O) groups excluding carboxylic acids is 2. The number of hydrogen-bond donors (Lipinski definition) is 1. The molecule has 0 unspecified atom stereocenters. The molecule has 2 aromatic carbocycles. The van der Waals surface area contributed by atoms with Gasteiger partial charge in [0.15, 0.2) is 11.5 Å². The molecule has 0 fully saturated rings. The van der Waals surface area contributed by atoms with Crippen LogP contribution in [0.5, 0.6) is 23.0 Å². The monoisotopic (exact) mass is 571 g/mol. The van der Waals surface area contributed by atoms with E-state index in [0.29, 0.717) is 39.4 Å². The minimum Gasteiger partial charge on any atom is -0.493 e. The Kier molecular flexibility index (Phi) is 7.89. The summed E-state index contributed by atoms with van der Waals surface area (Å²) in [5, 5.41) is 3.01. The number of benzene rings is 2. The lowest BCUT2D eigenvalue weighted by Crippen LogP contribution is -2.26. The van der Waals surface area contributed by atoms with Gasteiger partial charge < -0.3 is 24.3 Å². The van der Waals surface area contributed by atoms with Crippen molar-refractivity contribution in [1.29, 1.82) is 0 Å². The maximum Gasteiger partial charge on any atom is 0.337 e. The molecule has 1 atom stereocenters. The van der Waals surface area contributed by atoms with Crippen LogP contribution in [0.2, 0.25) is 0 Å². The Labute approximate surface area is 205 Å². The van der Waals surface area contributed by atoms with Gasteiger partial charge >= 0.3 is 5.97 Å². The van der Waals surface area contributed by atoms with E-state index in [2.05, 4.69) is 27.9 Å². The van der Waals surface area contributed by atoms with Crippen LogP contribution in [0.1, 0.15) is 30.5 Å². The minimum absolute atomic E-state index is 0.156. The number of methoxy groups -OCH3 is 3. The zero-order valence-corrected chi connectivity index (χ0v) is 21.0. The molecule has 32 heavy (non-hydrogen) atoms. The predicted octanol–water partition coefficient (Wildman–Crippen LogP) is 4.77. The number of ether oxygens (including phenoxy) is 4. The quantitative estimate of drug-likeness (QED) is 0.233. The van der Waals surface area contributed by atoms with Gasteiger partial charge in [0.2, 0.25) is 11.7 Å². The first-order chi connectivity index (χ1) is 15.3. The van der Waals surface area contributed by atoms with Gasteiger partial charge in [0.05, 0.1) is 30.9 Å². The van der Waals surface area contributed by atoms with Gasteiger partial charge in [-0.15, -0.1) is 0 Å². The maximum atomic E-state index is 12.0. The van der Waals surface area contributed by atoms with Crippen LogP contribution in [0.25, 0.3) is 11.1 Å². The molecule has 0 bridgehead atoms. The van der Waals surface area contributed by atoms with Crippen LogP contribution in [0, 0.1) is 3.57 Å². The van der Waals surface area contributed by atoms with E-state index < -0.39 is 5.97 Å². The SMILES string of the molecule is COc1cc2c(c(OC)c1OC)-c1cc(I)c(OC(=O)/C=C/Cl)cc1[C@@H](NC(C)=O)CC2. The Hall–Kier alpha value is -2.46. The predicted molar refractivity (Wildman–Crippen MR) is 130 cm³/mol. The van der Waals surface area contributed by atoms with Crippen LogP contribution in [0.15, 0.2) is 29.8 Å². The topological polar surface area (TPSA) is 83.1 Å². The highest BCUT2D eigenvalue weighted by Crippen LogP contribution is 2.51. The molecule has 7 nitrogen and oxygen atoms in total. The fourth-order valence-electron chi connectivity index (χ4n) is 3.90. The molecule has 0 radical (unpaired) electrons. The summed E-state index contributed by atoms with van der Waals surface area (Å²) in [4.78, 5) is 24.0. The first-order valence-electron chi connectivity index (χ1n) is 9.75. The summed E-state index contributed by atoms with van der Waals surface area (Å²) in [5.41, 5.74) is 4.61. The van der Waals surface area contributed by atoms with Gasteiger partial charge in [-0.2, -0.15) is 0 Å². The van der Waals surface area contributed by atoms with Gasteiger partial charge in [0.25, 0.3) is 0 Å². The van der Waals surface area contributed by atoms with Gasteiger partial charge in [-0.25, -0.2) is 4.79 Å². The Morgan fingerprint density at radius 2 is 1.81 bits per heavy atom. The second-order valence-corrected chi connectivity index (χ2v) is 8.47. The first-order valence-corrected chi connectivity index (χ1v) is 11.3. The molecule has 1 N–H and O–H groups in total. The molecule has 0 saturated carbocycles. The highest BCUT2D eigenvalue weighted by Gasteiger charge is 2.30. The van der Waals surface area contributed by atoms with E-state index in [9.17, 15) is 9.59 Å². The molecule has 1 amide bonds. The Bertz CT molecular complexity index is 1080. The van der Waals surface area contributed by atoms with Crippen molar-refractivity contribution in [3.8, 4) is 34.1 Å². The van der Waals surface area contributed by atoms with Gasteiger partial charge in [0.1, 0.15) is 5.75 Å². The largest absolute Gasteiger partial charge is 0.493 e. The number of halogens is 2. The molecular weight excluding hydrogens is 549 g/mol. The van der Waals surface area contributed by atoms with E-state index >= 15 is 0 Å². The second kappa shape index (κ2) is 10.4. The van der Waals surface area contributed by atoms with Gasteiger partial charge in [0, 0.05) is 24.1 Å². The van der Waals surface area contributed by atoms with Crippen LogP contribution >= 0.6 is 34.2 Å². The van der Waals surface area contributed by atoms with E-state index in [-0.39, 0.29) is 11.9 Å². The smallest absolute Gasteiger partial charge is 0.337 e. The zero-order chi connectivity index (χ0) is 23.4. The van der Waals surface area contributed by atoms with Crippen LogP contribution in [-0.2, 0) is 16.0 Å². The first kappa shape index (κ1) is 24.2. The summed E-state index contributed by atoms with van der Waals surface area (Å²) in [5.74, 6) is 1.22. The molecule has 1 aliphatic carbocycles. The number of rotatable bonds is 6. The van der Waals surface area contributed by atoms with Crippen LogP contribution < -0.4 is 24.3 Å². The fraction of sp³-hybridized carbons (Fsp3) is 0.304. The molecule has 2 aromatic rings. The van der Waals surface area contributed by atoms with Gasteiger partial charge in [-0.1, -0.05) is 11.6 Å². The van der Waals surface area contributed by atoms with Crippen LogP contribution in [0.3, 0.4) is 0 Å². The highest BCUT2D eigenvalue weighted by molar-refractivity contribution is 14.1. The molecule has 0 spiro atoms. The molecule has 0 saturated heterocycles. The third-order valence-corrected chi connectivity index (χ3v) is 6.12. The molecule has 0 heterocycles. The Morgan fingerprint density at radius 1 is 1.09 bits per heavy atom. The highest BCUT2D eigenvalue weighted by atomic mass is 127. The summed E-state index contributed by atoms with van der Waals surface area (Å²) in [7, 11) is 4.71. The average Bonchev–Trinajstić information content (AvgIpc) is 2.89. The molecule has 170 valence electrons. The number of hydrogen-bond acceptors (Lipinski definition) is 6. The number of amides is 1. The lowest BCUT2D eigenvalue weighted by atomic mass is 9.93. The van der Waals surface area contributed by atoms with E-state index in [1.807, 2.05) is 12.1 Å². The molecule has 0 aromatic heterocycles. The third kappa shape index (κ3) is 4.80. The normalized spacial score (nSPS) is 14.8. The zero-order valence-electron chi connectivity index (χ0n) is 18.1. The van der Waals surface area contributed by atoms with Crippen molar-refractivity contribution in [1.82, 2.24) is 5.32 Å². The van der Waals surface area contributed by atoms with Crippen molar-refractivity contribution in [3.05, 3.63) is 44.5 Å². The van der Waals surface area contributed by atoms with Crippen molar-refractivity contribution in [2.45, 2.75) is 25.8 Å². The minimum atomic E-state index is -0.591. The van der Waals surface area contributed by atoms with Crippen molar-refractivity contribution in [2.24, 2.45) is 0 Å². The summed E-state index contributed by atoms with van der Waals surface area (Å²) in [6.07, 6.45) is 2.42. The van der Waals surface area contributed by atoms with Crippen LogP contribution in [-0.4, -0.2) is 33.2 Å². The van der Waals surface area contributed by atoms with E-state index in [4.69, 9.17) is 30.5 Å². The maximum absolute atomic E-state index is 12.0. The second-order valence-electron chi connectivity index (χ2n) is 7.05. The summed E-state index contributed by atoms with van der Waals surface area (Å²) >= 11 is 7.61. The van der Waals surface area contributed by atoms with E-state index in [0.717, 1.165) is 33.9 Å². The molecule has 9 heteroatoms. The molecule has 0 aliphatic heterocycles. The standard InChI is InChI=1S/C23H23ClINO6/c1-12(27)26-17-6-5-13-9-19(29-2)22(30-3)23(31-4)21(13)15-10-16(25)18(11-14(15)17)32-20(28)7-8-24/h7-11,17H,5-6H2,1-4H3,(H,26,27)/b8-7+/t17-/m0/s1. The van der Waals surface area contributed by atoms with E-state index in [1.165, 1.54) is 6.92 Å². The van der Waals surface area contributed by atoms with Crippen molar-refractivity contribution in [3.63, 3.8) is 0 Å². The molecule has 1 aliphatic rings. The number of esters is 1. The lowest BCUT2D eigenvalue weighted by molar-refractivity contribution is -0.129. The van der Waals surface area contributed by atoms with Gasteiger partial charge in [-0.05, 0) is 70.3 Å². The fourth-order valence-corrected chi connectivity index (χ4v) is 4.58. The third-order valence-electron chi connectivity index (χ3n) is 5.15. The summed E-state index contributed by atoms with van der Waals surface area (Å²) in [6, 6.07) is 5.33. The summed E-state index contributed by atoms with van der Waals surface area (Å²) in [6.45, 7) is 1.48. The molecular formula is C23H23ClINO6. The van der Waals surface area contributed by atoms with Crippen molar-refractivity contribution < 1.29 is 28.5 Å². The van der Waals surface area contributed by atoms with Gasteiger partial charge in [-0.3, -0.25) is 4.79 Å². The lowest BCUT2D eigenvalue weighted by Gasteiger charge is -2.22. The number of aryl methyl sites for hydroxylation is 1. The van der Waals surface area contributed by atoms with Crippen LogP contribution in [0.4, 0.5) is 0 Å². The van der Waals surface area contributed by atoms with Crippen molar-refractivity contribution >= 4 is 46.1 Å². The summed E-state index contributed by atoms with van der Waals surface area (Å²) < 4.78 is 23.1. The number of nitrogens with one attached hydrogen (secondary N) is 1.